The maximum absolute atomic E-state index is 13.7. The van der Waals surface area contributed by atoms with Crippen molar-refractivity contribution >= 4 is 17.7 Å². The van der Waals surface area contributed by atoms with Gasteiger partial charge in [-0.2, -0.15) is 4.98 Å². The maximum atomic E-state index is 13.7. The molecular weight excluding hydrogens is 369 g/mol. The molecule has 1 aromatic carbocycles. The van der Waals surface area contributed by atoms with Crippen molar-refractivity contribution in [1.29, 1.82) is 0 Å². The van der Waals surface area contributed by atoms with Crippen molar-refractivity contribution in [3.05, 3.63) is 47.4 Å². The zero-order valence-corrected chi connectivity index (χ0v) is 17.5. The minimum atomic E-state index is -0.284. The van der Waals surface area contributed by atoms with E-state index in [-0.39, 0.29) is 18.3 Å². The summed E-state index contributed by atoms with van der Waals surface area (Å²) < 4.78 is 13.7. The van der Waals surface area contributed by atoms with Crippen LogP contribution in [0, 0.1) is 18.7 Å². The van der Waals surface area contributed by atoms with Crippen LogP contribution in [0.1, 0.15) is 36.9 Å². The molecule has 1 N–H and O–H groups in total. The van der Waals surface area contributed by atoms with Gasteiger partial charge >= 0.3 is 0 Å². The quantitative estimate of drug-likeness (QED) is 0.774. The van der Waals surface area contributed by atoms with Crippen LogP contribution < -0.4 is 15.1 Å². The molecule has 1 aromatic heterocycles. The smallest absolute Gasteiger partial charge is 0.226 e. The number of carbonyl (C=O) groups excluding carboxylic acids is 1. The van der Waals surface area contributed by atoms with Crippen molar-refractivity contribution < 1.29 is 9.18 Å². The monoisotopic (exact) mass is 399 g/mol. The van der Waals surface area contributed by atoms with E-state index in [1.54, 1.807) is 18.2 Å². The molecule has 1 aliphatic heterocycles. The number of hydrogen-bond acceptors (Lipinski definition) is 5. The molecule has 7 heteroatoms. The molecule has 1 amide bonds. The first kappa shape index (κ1) is 21.0. The van der Waals surface area contributed by atoms with E-state index in [4.69, 9.17) is 0 Å². The van der Waals surface area contributed by atoms with E-state index in [2.05, 4.69) is 20.2 Å². The van der Waals surface area contributed by atoms with Gasteiger partial charge < -0.3 is 15.1 Å². The van der Waals surface area contributed by atoms with Crippen LogP contribution in [-0.4, -0.2) is 43.1 Å². The first-order chi connectivity index (χ1) is 13.9. The molecule has 3 rings (SSSR count). The minimum absolute atomic E-state index is 0.0295. The van der Waals surface area contributed by atoms with E-state index in [9.17, 15) is 9.18 Å². The van der Waals surface area contributed by atoms with Gasteiger partial charge in [-0.3, -0.25) is 4.79 Å². The highest BCUT2D eigenvalue weighted by Gasteiger charge is 2.22. The summed E-state index contributed by atoms with van der Waals surface area (Å²) in [5.74, 6) is 1.80. The molecule has 1 saturated heterocycles. The Morgan fingerprint density at radius 1 is 1.31 bits per heavy atom. The van der Waals surface area contributed by atoms with Crippen LogP contribution in [0.3, 0.4) is 0 Å². The summed E-state index contributed by atoms with van der Waals surface area (Å²) in [6.07, 6.45) is 3.48. The van der Waals surface area contributed by atoms with Crippen molar-refractivity contribution in [2.45, 2.75) is 39.2 Å². The van der Waals surface area contributed by atoms with Crippen molar-refractivity contribution in [3.63, 3.8) is 0 Å². The summed E-state index contributed by atoms with van der Waals surface area (Å²) in [5, 5.41) is 2.83. The Balaban J connectivity index is 1.51. The zero-order valence-electron chi connectivity index (χ0n) is 17.5. The summed E-state index contributed by atoms with van der Waals surface area (Å²) in [7, 11) is 3.88. The van der Waals surface area contributed by atoms with Crippen molar-refractivity contribution in [2.75, 3.05) is 37.0 Å². The molecule has 0 radical (unpaired) electrons. The first-order valence-corrected chi connectivity index (χ1v) is 10.2. The van der Waals surface area contributed by atoms with Crippen LogP contribution in [0.4, 0.5) is 16.2 Å². The van der Waals surface area contributed by atoms with Gasteiger partial charge in [-0.25, -0.2) is 9.37 Å². The lowest BCUT2D eigenvalue weighted by atomic mass is 9.93. The van der Waals surface area contributed by atoms with Crippen molar-refractivity contribution in [2.24, 2.45) is 5.92 Å². The number of halogens is 1. The highest BCUT2D eigenvalue weighted by molar-refractivity contribution is 5.75. The summed E-state index contributed by atoms with van der Waals surface area (Å²) in [5.41, 5.74) is 1.47. The first-order valence-electron chi connectivity index (χ1n) is 10.2. The number of piperidine rings is 1. The molecule has 0 spiro atoms. The number of rotatable bonds is 7. The van der Waals surface area contributed by atoms with Gasteiger partial charge in [0.1, 0.15) is 11.6 Å². The van der Waals surface area contributed by atoms with Crippen LogP contribution in [-0.2, 0) is 11.3 Å². The number of aryl methyl sites for hydroxylation is 1. The SMILES string of the molecule is Cc1cc(N2CCCC(CCC(=O)NCc3ccccc3F)C2)nc(N(C)C)n1. The second kappa shape index (κ2) is 9.67. The van der Waals surface area contributed by atoms with Gasteiger partial charge in [-0.15, -0.1) is 0 Å². The molecule has 1 unspecified atom stereocenters. The van der Waals surface area contributed by atoms with E-state index in [0.29, 0.717) is 17.9 Å². The Morgan fingerprint density at radius 3 is 2.86 bits per heavy atom. The summed E-state index contributed by atoms with van der Waals surface area (Å²) >= 11 is 0. The third kappa shape index (κ3) is 5.89. The number of amides is 1. The number of anilines is 2. The van der Waals surface area contributed by atoms with Gasteiger partial charge in [0.2, 0.25) is 11.9 Å². The standard InChI is InChI=1S/C22H30FN5O/c1-16-13-20(26-22(25-16)27(2)3)28-12-6-7-17(15-28)10-11-21(29)24-14-18-8-4-5-9-19(18)23/h4-5,8-9,13,17H,6-7,10-12,14-15H2,1-3H3,(H,24,29). The second-order valence-electron chi connectivity index (χ2n) is 7.92. The van der Waals surface area contributed by atoms with E-state index >= 15 is 0 Å². The molecule has 0 saturated carbocycles. The van der Waals surface area contributed by atoms with Gasteiger partial charge in [-0.1, -0.05) is 18.2 Å². The lowest BCUT2D eigenvalue weighted by Crippen LogP contribution is -2.37. The largest absolute Gasteiger partial charge is 0.356 e. The van der Waals surface area contributed by atoms with Gasteiger partial charge in [0.25, 0.3) is 0 Å². The fourth-order valence-corrected chi connectivity index (χ4v) is 3.67. The fourth-order valence-electron chi connectivity index (χ4n) is 3.67. The zero-order chi connectivity index (χ0) is 20.8. The number of nitrogens with one attached hydrogen (secondary N) is 1. The fraction of sp³-hybridized carbons (Fsp3) is 0.500. The predicted molar refractivity (Wildman–Crippen MR) is 114 cm³/mol. The number of hydrogen-bond donors (Lipinski definition) is 1. The number of nitrogens with zero attached hydrogens (tertiary/aromatic N) is 4. The van der Waals surface area contributed by atoms with Gasteiger partial charge in [0, 0.05) is 57.5 Å². The maximum Gasteiger partial charge on any atom is 0.226 e. The van der Waals surface area contributed by atoms with Crippen LogP contribution in [0.2, 0.25) is 0 Å². The average Bonchev–Trinajstić information content (AvgIpc) is 2.71. The molecule has 0 bridgehead atoms. The summed E-state index contributed by atoms with van der Waals surface area (Å²) in [6, 6.07) is 8.55. The molecule has 1 atom stereocenters. The highest BCUT2D eigenvalue weighted by atomic mass is 19.1. The molecule has 1 fully saturated rings. The van der Waals surface area contributed by atoms with Crippen molar-refractivity contribution in [3.8, 4) is 0 Å². The topological polar surface area (TPSA) is 61.4 Å². The van der Waals surface area contributed by atoms with Gasteiger partial charge in [0.05, 0.1) is 0 Å². The molecule has 2 aromatic rings. The lowest BCUT2D eigenvalue weighted by molar-refractivity contribution is -0.121. The van der Waals surface area contributed by atoms with Crippen molar-refractivity contribution in [1.82, 2.24) is 15.3 Å². The molecule has 6 nitrogen and oxygen atoms in total. The van der Waals surface area contributed by atoms with Crippen LogP contribution in [0.25, 0.3) is 0 Å². The van der Waals surface area contributed by atoms with Crippen LogP contribution in [0.5, 0.6) is 0 Å². The highest BCUT2D eigenvalue weighted by Crippen LogP contribution is 2.26. The third-order valence-electron chi connectivity index (χ3n) is 5.29. The Hall–Kier alpha value is -2.70. The second-order valence-corrected chi connectivity index (χ2v) is 7.92. The molecule has 156 valence electrons. The van der Waals surface area contributed by atoms with Gasteiger partial charge in [-0.05, 0) is 38.2 Å². The Morgan fingerprint density at radius 2 is 2.10 bits per heavy atom. The summed E-state index contributed by atoms with van der Waals surface area (Å²) in [4.78, 5) is 25.6. The molecule has 2 heterocycles. The average molecular weight is 400 g/mol. The van der Waals surface area contributed by atoms with Crippen LogP contribution >= 0.6 is 0 Å². The third-order valence-corrected chi connectivity index (χ3v) is 5.29. The minimum Gasteiger partial charge on any atom is -0.356 e. The number of benzene rings is 1. The molecular formula is C22H30FN5O. The number of carbonyl (C=O) groups is 1. The van der Waals surface area contributed by atoms with E-state index < -0.39 is 0 Å². The van der Waals surface area contributed by atoms with Crippen LogP contribution in [0.15, 0.2) is 30.3 Å². The Bertz CT molecular complexity index is 842. The number of aromatic nitrogens is 2. The molecule has 0 aliphatic carbocycles. The summed E-state index contributed by atoms with van der Waals surface area (Å²) in [6.45, 7) is 4.08. The molecule has 29 heavy (non-hydrogen) atoms. The lowest BCUT2D eigenvalue weighted by Gasteiger charge is -2.34. The van der Waals surface area contributed by atoms with E-state index in [1.807, 2.05) is 32.0 Å². The Kier molecular flexibility index (Phi) is 7.01. The Labute approximate surface area is 172 Å². The van der Waals surface area contributed by atoms with Gasteiger partial charge in [0.15, 0.2) is 0 Å². The van der Waals surface area contributed by atoms with E-state index in [1.165, 1.54) is 6.07 Å². The molecule has 1 aliphatic rings. The predicted octanol–water partition coefficient (Wildman–Crippen LogP) is 3.30. The normalized spacial score (nSPS) is 16.6. The van der Waals surface area contributed by atoms with E-state index in [0.717, 1.165) is 49.8 Å².